The molecule has 2 aliphatic heterocycles. The van der Waals surface area contributed by atoms with Gasteiger partial charge >= 0.3 is 0 Å². The minimum absolute atomic E-state index is 0.464. The molecule has 13 heavy (non-hydrogen) atoms. The molecule has 2 rings (SSSR count). The first-order valence-electron chi connectivity index (χ1n) is 5.27. The van der Waals surface area contributed by atoms with Gasteiger partial charge in [-0.25, -0.2) is 0 Å². The second kappa shape index (κ2) is 4.45. The normalized spacial score (nSPS) is 38.3. The molecule has 2 saturated heterocycles. The fraction of sp³-hybridized carbons (Fsp3) is 1.00. The van der Waals surface area contributed by atoms with E-state index in [2.05, 4.69) is 34.4 Å². The van der Waals surface area contributed by atoms with E-state index in [4.69, 9.17) is 4.74 Å². The van der Waals surface area contributed by atoms with Crippen molar-refractivity contribution in [3.8, 4) is 0 Å². The lowest BCUT2D eigenvalue weighted by molar-refractivity contribution is 0.0670. The Labute approximate surface area is 94.1 Å². The number of rotatable bonds is 1. The monoisotopic (exact) mass is 295 g/mol. The van der Waals surface area contributed by atoms with Gasteiger partial charge in [0.2, 0.25) is 0 Å². The van der Waals surface area contributed by atoms with Crippen LogP contribution in [0.25, 0.3) is 0 Å². The first-order valence-corrected chi connectivity index (χ1v) is 6.51. The van der Waals surface area contributed by atoms with Gasteiger partial charge in [0.1, 0.15) is 0 Å². The molecule has 2 fully saturated rings. The molecule has 0 aromatic rings. The summed E-state index contributed by atoms with van der Waals surface area (Å²) in [6, 6.07) is 0.712. The molecule has 3 heteroatoms. The van der Waals surface area contributed by atoms with E-state index < -0.39 is 0 Å². The lowest BCUT2D eigenvalue weighted by Crippen LogP contribution is -2.44. The van der Waals surface area contributed by atoms with E-state index >= 15 is 0 Å². The minimum Gasteiger partial charge on any atom is -0.377 e. The third kappa shape index (κ3) is 2.36. The van der Waals surface area contributed by atoms with Crippen molar-refractivity contribution in [3.05, 3.63) is 0 Å². The van der Waals surface area contributed by atoms with Crippen LogP contribution in [0.15, 0.2) is 0 Å². The summed E-state index contributed by atoms with van der Waals surface area (Å²) >= 11 is 2.58. The van der Waals surface area contributed by atoms with E-state index in [0.29, 0.717) is 12.1 Å². The summed E-state index contributed by atoms with van der Waals surface area (Å²) in [7, 11) is 0. The van der Waals surface area contributed by atoms with Crippen molar-refractivity contribution in [2.24, 2.45) is 0 Å². The number of piperidine rings is 1. The fourth-order valence-corrected chi connectivity index (χ4v) is 2.96. The number of halogens is 1. The third-order valence-electron chi connectivity index (χ3n) is 3.26. The topological polar surface area (TPSA) is 12.5 Å². The molecule has 0 aromatic carbocycles. The highest BCUT2D eigenvalue weighted by molar-refractivity contribution is 14.1. The standard InChI is InChI=1S/C10H18INO/c1-8-10(4-7-13-8)12-5-2-9(11)3-6-12/h8-10H,2-7H2,1H3. The molecule has 0 bridgehead atoms. The molecule has 2 nitrogen and oxygen atoms in total. The van der Waals surface area contributed by atoms with Gasteiger partial charge in [-0.05, 0) is 39.3 Å². The van der Waals surface area contributed by atoms with Crippen molar-refractivity contribution < 1.29 is 4.74 Å². The summed E-state index contributed by atoms with van der Waals surface area (Å²) in [6.07, 6.45) is 4.44. The maximum absolute atomic E-state index is 5.60. The number of alkyl halides is 1. The van der Waals surface area contributed by atoms with Gasteiger partial charge in [0.05, 0.1) is 6.10 Å². The smallest absolute Gasteiger partial charge is 0.0703 e. The van der Waals surface area contributed by atoms with Crippen LogP contribution in [0.1, 0.15) is 26.2 Å². The van der Waals surface area contributed by atoms with Crippen molar-refractivity contribution in [2.45, 2.75) is 42.3 Å². The van der Waals surface area contributed by atoms with Crippen LogP contribution < -0.4 is 0 Å². The summed E-state index contributed by atoms with van der Waals surface area (Å²) in [4.78, 5) is 2.63. The molecule has 0 aliphatic carbocycles. The van der Waals surface area contributed by atoms with Crippen LogP contribution in [0.3, 0.4) is 0 Å². The third-order valence-corrected chi connectivity index (χ3v) is 4.51. The van der Waals surface area contributed by atoms with Crippen molar-refractivity contribution >= 4 is 22.6 Å². The summed E-state index contributed by atoms with van der Waals surface area (Å²) in [5.41, 5.74) is 0. The Morgan fingerprint density at radius 3 is 2.46 bits per heavy atom. The van der Waals surface area contributed by atoms with Gasteiger partial charge in [-0.15, -0.1) is 0 Å². The van der Waals surface area contributed by atoms with Gasteiger partial charge < -0.3 is 4.74 Å². The van der Waals surface area contributed by atoms with Gasteiger partial charge in [-0.1, -0.05) is 22.6 Å². The molecule has 0 N–H and O–H groups in total. The number of ether oxygens (including phenoxy) is 1. The van der Waals surface area contributed by atoms with Crippen LogP contribution in [0, 0.1) is 0 Å². The largest absolute Gasteiger partial charge is 0.377 e. The summed E-state index contributed by atoms with van der Waals surface area (Å²) < 4.78 is 6.51. The van der Waals surface area contributed by atoms with Crippen LogP contribution in [0.4, 0.5) is 0 Å². The van der Waals surface area contributed by atoms with Gasteiger partial charge in [0, 0.05) is 16.6 Å². The summed E-state index contributed by atoms with van der Waals surface area (Å²) in [6.45, 7) is 5.75. The number of hydrogen-bond acceptors (Lipinski definition) is 2. The Kier molecular flexibility index (Phi) is 3.48. The Balaban J connectivity index is 1.86. The van der Waals surface area contributed by atoms with Gasteiger partial charge in [-0.2, -0.15) is 0 Å². The Hall–Kier alpha value is 0.650. The van der Waals surface area contributed by atoms with E-state index in [1.165, 1.54) is 32.4 Å². The lowest BCUT2D eigenvalue weighted by atomic mass is 10.0. The van der Waals surface area contributed by atoms with E-state index in [1.807, 2.05) is 0 Å². The maximum Gasteiger partial charge on any atom is 0.0703 e. The number of hydrogen-bond donors (Lipinski definition) is 0. The summed E-state index contributed by atoms with van der Waals surface area (Å²) in [5, 5.41) is 0. The molecule has 0 amide bonds. The highest BCUT2D eigenvalue weighted by Crippen LogP contribution is 2.25. The maximum atomic E-state index is 5.60. The second-order valence-corrected chi connectivity index (χ2v) is 5.90. The molecule has 76 valence electrons. The van der Waals surface area contributed by atoms with Crippen molar-refractivity contribution in [2.75, 3.05) is 19.7 Å². The first-order chi connectivity index (χ1) is 6.27. The van der Waals surface area contributed by atoms with Crippen LogP contribution in [-0.2, 0) is 4.74 Å². The van der Waals surface area contributed by atoms with Crippen molar-refractivity contribution in [1.29, 1.82) is 0 Å². The average Bonchev–Trinajstić information content (AvgIpc) is 2.53. The van der Waals surface area contributed by atoms with E-state index in [-0.39, 0.29) is 0 Å². The van der Waals surface area contributed by atoms with Crippen LogP contribution in [0.2, 0.25) is 0 Å². The van der Waals surface area contributed by atoms with Gasteiger partial charge in [-0.3, -0.25) is 4.90 Å². The Bertz CT molecular complexity index is 168. The van der Waals surface area contributed by atoms with E-state index in [1.54, 1.807) is 0 Å². The summed E-state index contributed by atoms with van der Waals surface area (Å²) in [5.74, 6) is 0. The predicted molar refractivity (Wildman–Crippen MR) is 62.4 cm³/mol. The number of likely N-dealkylation sites (tertiary alicyclic amines) is 1. The van der Waals surface area contributed by atoms with Crippen molar-refractivity contribution in [1.82, 2.24) is 4.90 Å². The van der Waals surface area contributed by atoms with Gasteiger partial charge in [0.25, 0.3) is 0 Å². The molecule has 0 radical (unpaired) electrons. The second-order valence-electron chi connectivity index (χ2n) is 4.14. The molecular weight excluding hydrogens is 277 g/mol. The predicted octanol–water partition coefficient (Wildman–Crippen LogP) is 2.06. The zero-order chi connectivity index (χ0) is 9.26. The highest BCUT2D eigenvalue weighted by Gasteiger charge is 2.31. The lowest BCUT2D eigenvalue weighted by Gasteiger charge is -2.35. The first kappa shape index (κ1) is 10.2. The molecule has 0 saturated carbocycles. The zero-order valence-electron chi connectivity index (χ0n) is 8.21. The quantitative estimate of drug-likeness (QED) is 0.542. The van der Waals surface area contributed by atoms with Crippen LogP contribution in [0.5, 0.6) is 0 Å². The van der Waals surface area contributed by atoms with Crippen molar-refractivity contribution in [3.63, 3.8) is 0 Å². The number of nitrogens with zero attached hydrogens (tertiary/aromatic N) is 1. The molecule has 2 atom stereocenters. The fourth-order valence-electron chi connectivity index (χ4n) is 2.40. The molecular formula is C10H18INO. The highest BCUT2D eigenvalue weighted by atomic mass is 127. The zero-order valence-corrected chi connectivity index (χ0v) is 10.4. The molecule has 2 heterocycles. The molecule has 0 spiro atoms. The Morgan fingerprint density at radius 1 is 1.23 bits per heavy atom. The van der Waals surface area contributed by atoms with E-state index in [9.17, 15) is 0 Å². The van der Waals surface area contributed by atoms with Crippen LogP contribution in [-0.4, -0.2) is 40.7 Å². The minimum atomic E-state index is 0.464. The molecule has 2 unspecified atom stereocenters. The van der Waals surface area contributed by atoms with E-state index in [0.717, 1.165) is 10.5 Å². The SMILES string of the molecule is CC1OCCC1N1CCC(I)CC1. The van der Waals surface area contributed by atoms with Gasteiger partial charge in [0.15, 0.2) is 0 Å². The Morgan fingerprint density at radius 2 is 1.92 bits per heavy atom. The average molecular weight is 295 g/mol. The molecule has 2 aliphatic rings. The molecule has 0 aromatic heterocycles. The van der Waals surface area contributed by atoms with Crippen LogP contribution >= 0.6 is 22.6 Å².